The molecule has 2 heterocycles. The zero-order chi connectivity index (χ0) is 17.1. The summed E-state index contributed by atoms with van der Waals surface area (Å²) in [4.78, 5) is 3.88. The SMILES string of the molecule is C=CNc1cn[nH]c1C(=C)C.CNC1CC1.Cc1cccnc1. The Morgan fingerprint density at radius 3 is 2.48 bits per heavy atom. The molecule has 0 unspecified atom stereocenters. The van der Waals surface area contributed by atoms with E-state index in [1.54, 1.807) is 18.6 Å². The van der Waals surface area contributed by atoms with Crippen LogP contribution in [-0.2, 0) is 0 Å². The fraction of sp³-hybridized carbons (Fsp3) is 0.333. The zero-order valence-corrected chi connectivity index (χ0v) is 14.3. The summed E-state index contributed by atoms with van der Waals surface area (Å²) < 4.78 is 0. The quantitative estimate of drug-likeness (QED) is 0.804. The summed E-state index contributed by atoms with van der Waals surface area (Å²) in [6.07, 6.45) is 9.71. The van der Waals surface area contributed by atoms with Crippen molar-refractivity contribution in [1.29, 1.82) is 0 Å². The van der Waals surface area contributed by atoms with E-state index in [1.165, 1.54) is 18.4 Å². The summed E-state index contributed by atoms with van der Waals surface area (Å²) in [6, 6.07) is 4.83. The fourth-order valence-electron chi connectivity index (χ4n) is 1.65. The minimum absolute atomic E-state index is 0.884. The molecular formula is C18H27N5. The molecule has 2 aromatic heterocycles. The summed E-state index contributed by atoms with van der Waals surface area (Å²) in [5.74, 6) is 0. The van der Waals surface area contributed by atoms with Crippen molar-refractivity contribution in [2.75, 3.05) is 12.4 Å². The van der Waals surface area contributed by atoms with E-state index in [1.807, 2.05) is 39.2 Å². The van der Waals surface area contributed by atoms with E-state index in [4.69, 9.17) is 0 Å². The minimum Gasteiger partial charge on any atom is -0.359 e. The monoisotopic (exact) mass is 313 g/mol. The molecule has 3 rings (SSSR count). The molecule has 5 nitrogen and oxygen atoms in total. The maximum atomic E-state index is 3.88. The van der Waals surface area contributed by atoms with Crippen molar-refractivity contribution in [3.05, 3.63) is 61.3 Å². The molecule has 1 fully saturated rings. The van der Waals surface area contributed by atoms with Crippen LogP contribution in [0.5, 0.6) is 0 Å². The van der Waals surface area contributed by atoms with Gasteiger partial charge in [-0.1, -0.05) is 19.2 Å². The molecule has 1 aliphatic rings. The number of nitrogens with zero attached hydrogens (tertiary/aromatic N) is 2. The predicted octanol–water partition coefficient (Wildman–Crippen LogP) is 3.76. The van der Waals surface area contributed by atoms with Gasteiger partial charge in [0, 0.05) is 18.4 Å². The number of hydrogen-bond donors (Lipinski definition) is 3. The van der Waals surface area contributed by atoms with E-state index in [0.717, 1.165) is 23.0 Å². The highest BCUT2D eigenvalue weighted by Crippen LogP contribution is 2.18. The van der Waals surface area contributed by atoms with Crippen molar-refractivity contribution in [1.82, 2.24) is 20.5 Å². The Hall–Kier alpha value is -2.40. The van der Waals surface area contributed by atoms with Gasteiger partial charge in [0.1, 0.15) is 0 Å². The summed E-state index contributed by atoms with van der Waals surface area (Å²) in [7, 11) is 2.01. The Kier molecular flexibility index (Phi) is 8.39. The summed E-state index contributed by atoms with van der Waals surface area (Å²) in [5.41, 5.74) is 3.99. The number of allylic oxidation sites excluding steroid dienone is 1. The van der Waals surface area contributed by atoms with Crippen LogP contribution in [0, 0.1) is 6.92 Å². The van der Waals surface area contributed by atoms with Crippen molar-refractivity contribution in [2.24, 2.45) is 0 Å². The third-order valence-corrected chi connectivity index (χ3v) is 3.12. The van der Waals surface area contributed by atoms with Gasteiger partial charge in [0.15, 0.2) is 0 Å². The molecule has 3 N–H and O–H groups in total. The second kappa shape index (κ2) is 10.3. The minimum atomic E-state index is 0.884. The zero-order valence-electron chi connectivity index (χ0n) is 14.3. The van der Waals surface area contributed by atoms with Gasteiger partial charge in [-0.25, -0.2) is 0 Å². The van der Waals surface area contributed by atoms with E-state index in [0.29, 0.717) is 0 Å². The highest BCUT2D eigenvalue weighted by molar-refractivity contribution is 5.70. The molecule has 1 aliphatic carbocycles. The molecule has 5 heteroatoms. The Balaban J connectivity index is 0.000000188. The molecule has 0 aromatic carbocycles. The first kappa shape index (κ1) is 18.6. The van der Waals surface area contributed by atoms with Gasteiger partial charge in [0.05, 0.1) is 17.6 Å². The maximum Gasteiger partial charge on any atom is 0.0840 e. The number of pyridine rings is 1. The lowest BCUT2D eigenvalue weighted by Crippen LogP contribution is -2.06. The lowest BCUT2D eigenvalue weighted by atomic mass is 10.2. The van der Waals surface area contributed by atoms with Gasteiger partial charge in [-0.2, -0.15) is 5.10 Å². The predicted molar refractivity (Wildman–Crippen MR) is 98.2 cm³/mol. The van der Waals surface area contributed by atoms with E-state index in [9.17, 15) is 0 Å². The number of rotatable bonds is 4. The van der Waals surface area contributed by atoms with Crippen LogP contribution in [0.1, 0.15) is 31.0 Å². The average Bonchev–Trinajstić information content (AvgIpc) is 3.27. The molecule has 124 valence electrons. The lowest BCUT2D eigenvalue weighted by Gasteiger charge is -1.99. The van der Waals surface area contributed by atoms with Crippen molar-refractivity contribution in [2.45, 2.75) is 32.7 Å². The third kappa shape index (κ3) is 7.97. The largest absolute Gasteiger partial charge is 0.359 e. The van der Waals surface area contributed by atoms with Crippen LogP contribution < -0.4 is 10.6 Å². The topological polar surface area (TPSA) is 65.6 Å². The van der Waals surface area contributed by atoms with Gasteiger partial charge in [-0.05, 0) is 57.1 Å². The van der Waals surface area contributed by atoms with Crippen LogP contribution >= 0.6 is 0 Å². The molecular weight excluding hydrogens is 286 g/mol. The maximum absolute atomic E-state index is 3.88. The molecule has 0 radical (unpaired) electrons. The molecule has 0 bridgehead atoms. The second-order valence-electron chi connectivity index (χ2n) is 5.38. The highest BCUT2D eigenvalue weighted by atomic mass is 15.1. The second-order valence-corrected chi connectivity index (χ2v) is 5.38. The van der Waals surface area contributed by atoms with Crippen molar-refractivity contribution in [3.8, 4) is 0 Å². The van der Waals surface area contributed by atoms with Crippen molar-refractivity contribution in [3.63, 3.8) is 0 Å². The lowest BCUT2D eigenvalue weighted by molar-refractivity contribution is 0.811. The fourth-order valence-corrected chi connectivity index (χ4v) is 1.65. The first-order valence-corrected chi connectivity index (χ1v) is 7.69. The Labute approximate surface area is 138 Å². The van der Waals surface area contributed by atoms with E-state index < -0.39 is 0 Å². The molecule has 0 atom stereocenters. The van der Waals surface area contributed by atoms with Crippen molar-refractivity contribution >= 4 is 11.3 Å². The summed E-state index contributed by atoms with van der Waals surface area (Å²) >= 11 is 0. The number of nitrogens with one attached hydrogen (secondary N) is 3. The molecule has 0 amide bonds. The van der Waals surface area contributed by atoms with E-state index in [-0.39, 0.29) is 0 Å². The molecule has 0 saturated heterocycles. The Morgan fingerprint density at radius 1 is 1.39 bits per heavy atom. The smallest absolute Gasteiger partial charge is 0.0840 e. The van der Waals surface area contributed by atoms with Crippen LogP contribution in [0.15, 0.2) is 50.1 Å². The van der Waals surface area contributed by atoms with Crippen LogP contribution in [0.2, 0.25) is 0 Å². The van der Waals surface area contributed by atoms with Crippen LogP contribution in [0.3, 0.4) is 0 Å². The first-order chi connectivity index (χ1) is 11.1. The first-order valence-electron chi connectivity index (χ1n) is 7.69. The Bertz CT molecular complexity index is 584. The molecule has 0 spiro atoms. The highest BCUT2D eigenvalue weighted by Gasteiger charge is 2.17. The van der Waals surface area contributed by atoms with Gasteiger partial charge in [-0.3, -0.25) is 10.1 Å². The summed E-state index contributed by atoms with van der Waals surface area (Å²) in [5, 5.41) is 12.8. The number of aromatic amines is 1. The molecule has 2 aromatic rings. The number of aromatic nitrogens is 3. The standard InChI is InChI=1S/C8H11N3.C6H7N.C4H9N/c1-4-9-7-5-10-11-8(7)6(2)3;1-6-3-2-4-7-5-6;1-5-4-2-3-4/h4-5,9H,1-2H2,3H3,(H,10,11);2-5H,1H3;4-5H,2-3H2,1H3. The number of hydrogen-bond acceptors (Lipinski definition) is 4. The Morgan fingerprint density at radius 2 is 2.13 bits per heavy atom. The van der Waals surface area contributed by atoms with Gasteiger partial charge in [0.25, 0.3) is 0 Å². The van der Waals surface area contributed by atoms with Gasteiger partial charge >= 0.3 is 0 Å². The molecule has 23 heavy (non-hydrogen) atoms. The average molecular weight is 313 g/mol. The van der Waals surface area contributed by atoms with Crippen molar-refractivity contribution < 1.29 is 0 Å². The van der Waals surface area contributed by atoms with E-state index >= 15 is 0 Å². The van der Waals surface area contributed by atoms with Crippen LogP contribution in [-0.4, -0.2) is 28.3 Å². The van der Waals surface area contributed by atoms with Gasteiger partial charge in [0.2, 0.25) is 0 Å². The van der Waals surface area contributed by atoms with Gasteiger partial charge in [-0.15, -0.1) is 0 Å². The normalized spacial score (nSPS) is 12.1. The number of aryl methyl sites for hydroxylation is 1. The molecule has 0 aliphatic heterocycles. The van der Waals surface area contributed by atoms with E-state index in [2.05, 4.69) is 39.0 Å². The third-order valence-electron chi connectivity index (χ3n) is 3.12. The van der Waals surface area contributed by atoms with Crippen LogP contribution in [0.25, 0.3) is 5.57 Å². The van der Waals surface area contributed by atoms with Gasteiger partial charge < -0.3 is 10.6 Å². The number of H-pyrrole nitrogens is 1. The number of anilines is 1. The van der Waals surface area contributed by atoms with Crippen LogP contribution in [0.4, 0.5) is 5.69 Å². The summed E-state index contributed by atoms with van der Waals surface area (Å²) in [6.45, 7) is 11.3. The molecule has 1 saturated carbocycles.